The topological polar surface area (TPSA) is 9.23 Å². The van der Waals surface area contributed by atoms with Gasteiger partial charge in [-0.2, -0.15) is 0 Å². The molecule has 0 spiro atoms. The van der Waals surface area contributed by atoms with Crippen LogP contribution in [0.2, 0.25) is 0 Å². The van der Waals surface area contributed by atoms with Crippen LogP contribution in [-0.4, -0.2) is 13.2 Å². The third-order valence-electron chi connectivity index (χ3n) is 2.14. The van der Waals surface area contributed by atoms with Gasteiger partial charge in [0.1, 0.15) is 0 Å². The van der Waals surface area contributed by atoms with Gasteiger partial charge in [0.15, 0.2) is 0 Å². The van der Waals surface area contributed by atoms with Gasteiger partial charge in [-0.25, -0.2) is 0 Å². The summed E-state index contributed by atoms with van der Waals surface area (Å²) < 4.78 is 5.07. The predicted molar refractivity (Wildman–Crippen MR) is 72.5 cm³/mol. The predicted octanol–water partition coefficient (Wildman–Crippen LogP) is 5.29. The Balaban J connectivity index is -0.000000156. The monoisotopic (exact) mass is 218 g/mol. The van der Waals surface area contributed by atoms with Gasteiger partial charge in [0.2, 0.25) is 0 Å². The van der Waals surface area contributed by atoms with Gasteiger partial charge in [-0.3, -0.25) is 0 Å². The van der Waals surface area contributed by atoms with Gasteiger partial charge in [-0.1, -0.05) is 55.4 Å². The van der Waals surface area contributed by atoms with Crippen molar-refractivity contribution in [1.29, 1.82) is 0 Å². The van der Waals surface area contributed by atoms with Crippen LogP contribution in [0.15, 0.2) is 0 Å². The lowest BCUT2D eigenvalue weighted by Crippen LogP contribution is -2.03. The highest BCUT2D eigenvalue weighted by atomic mass is 16.5. The fraction of sp³-hybridized carbons (Fsp3) is 1.00. The average Bonchev–Trinajstić information content (AvgIpc) is 2.23. The van der Waals surface area contributed by atoms with E-state index < -0.39 is 0 Å². The van der Waals surface area contributed by atoms with Crippen LogP contribution in [0.4, 0.5) is 0 Å². The van der Waals surface area contributed by atoms with Gasteiger partial charge in [-0.05, 0) is 24.7 Å². The van der Waals surface area contributed by atoms with E-state index in [0.717, 1.165) is 13.2 Å². The van der Waals surface area contributed by atoms with E-state index in [1.54, 1.807) is 0 Å². The Morgan fingerprint density at radius 3 is 1.33 bits per heavy atom. The van der Waals surface area contributed by atoms with Crippen molar-refractivity contribution in [3.8, 4) is 0 Å². The molecule has 1 fully saturated rings. The molecule has 96 valence electrons. The summed E-state index contributed by atoms with van der Waals surface area (Å²) in [5.41, 5.74) is 0.542. The fourth-order valence-electron chi connectivity index (χ4n) is 0.687. The van der Waals surface area contributed by atoms with Crippen molar-refractivity contribution >= 4 is 0 Å². The van der Waals surface area contributed by atoms with Crippen LogP contribution in [0.5, 0.6) is 0 Å². The maximum absolute atomic E-state index is 5.07. The molecule has 0 amide bonds. The van der Waals surface area contributed by atoms with Crippen LogP contribution in [-0.2, 0) is 4.74 Å². The highest BCUT2D eigenvalue weighted by molar-refractivity contribution is 4.55. The van der Waals surface area contributed by atoms with Crippen molar-refractivity contribution in [2.24, 2.45) is 5.41 Å². The Morgan fingerprint density at radius 2 is 1.27 bits per heavy atom. The second-order valence-electron chi connectivity index (χ2n) is 4.59. The van der Waals surface area contributed by atoms with Gasteiger partial charge in [0, 0.05) is 13.2 Å². The molecular formula is C14H34O. The molecule has 0 bridgehead atoms. The zero-order chi connectivity index (χ0) is 11.4. The SMILES string of the molecule is C.C1CCOCC1.CC.CCC(C)(C)C. The maximum Gasteiger partial charge on any atom is 0.0466 e. The molecule has 15 heavy (non-hydrogen) atoms. The van der Waals surface area contributed by atoms with Crippen molar-refractivity contribution in [3.05, 3.63) is 0 Å². The molecular weight excluding hydrogens is 184 g/mol. The van der Waals surface area contributed by atoms with Crippen LogP contribution in [0.25, 0.3) is 0 Å². The number of ether oxygens (including phenoxy) is 1. The summed E-state index contributed by atoms with van der Waals surface area (Å²) in [4.78, 5) is 0. The molecule has 1 nitrogen and oxygen atoms in total. The van der Waals surface area contributed by atoms with Crippen LogP contribution in [0.1, 0.15) is 74.7 Å². The van der Waals surface area contributed by atoms with E-state index in [1.165, 1.54) is 25.7 Å². The van der Waals surface area contributed by atoms with Crippen molar-refractivity contribution in [2.75, 3.05) is 13.2 Å². The molecule has 0 N–H and O–H groups in total. The lowest BCUT2D eigenvalue weighted by molar-refractivity contribution is 0.0968. The van der Waals surface area contributed by atoms with Crippen LogP contribution in [0, 0.1) is 5.41 Å². The minimum absolute atomic E-state index is 0. The molecule has 0 aromatic carbocycles. The summed E-state index contributed by atoms with van der Waals surface area (Å²) in [6.07, 6.45) is 5.20. The molecule has 0 unspecified atom stereocenters. The highest BCUT2D eigenvalue weighted by Crippen LogP contribution is 2.16. The fourth-order valence-corrected chi connectivity index (χ4v) is 0.687. The molecule has 1 heteroatoms. The van der Waals surface area contributed by atoms with E-state index in [9.17, 15) is 0 Å². The summed E-state index contributed by atoms with van der Waals surface area (Å²) in [5.74, 6) is 0. The molecule has 0 saturated carbocycles. The summed E-state index contributed by atoms with van der Waals surface area (Å²) in [5, 5.41) is 0. The molecule has 1 aliphatic rings. The van der Waals surface area contributed by atoms with E-state index in [-0.39, 0.29) is 7.43 Å². The first-order chi connectivity index (χ1) is 6.56. The van der Waals surface area contributed by atoms with Gasteiger partial charge in [-0.15, -0.1) is 0 Å². The number of rotatable bonds is 0. The second-order valence-corrected chi connectivity index (χ2v) is 4.59. The van der Waals surface area contributed by atoms with Gasteiger partial charge >= 0.3 is 0 Å². The number of hydrogen-bond donors (Lipinski definition) is 0. The molecule has 1 heterocycles. The summed E-state index contributed by atoms with van der Waals surface area (Å²) >= 11 is 0. The van der Waals surface area contributed by atoms with Crippen molar-refractivity contribution in [2.45, 2.75) is 74.7 Å². The van der Waals surface area contributed by atoms with E-state index in [2.05, 4.69) is 27.7 Å². The lowest BCUT2D eigenvalue weighted by atomic mass is 9.94. The van der Waals surface area contributed by atoms with Crippen molar-refractivity contribution in [1.82, 2.24) is 0 Å². The first-order valence-electron chi connectivity index (χ1n) is 6.14. The van der Waals surface area contributed by atoms with Gasteiger partial charge in [0.25, 0.3) is 0 Å². The van der Waals surface area contributed by atoms with Crippen LogP contribution < -0.4 is 0 Å². The molecule has 1 saturated heterocycles. The largest absolute Gasteiger partial charge is 0.381 e. The Morgan fingerprint density at radius 1 is 0.933 bits per heavy atom. The van der Waals surface area contributed by atoms with E-state index in [1.807, 2.05) is 13.8 Å². The maximum atomic E-state index is 5.07. The molecule has 1 rings (SSSR count). The van der Waals surface area contributed by atoms with Crippen LogP contribution >= 0.6 is 0 Å². The summed E-state index contributed by atoms with van der Waals surface area (Å²) in [7, 11) is 0. The lowest BCUT2D eigenvalue weighted by Gasteiger charge is -2.12. The smallest absolute Gasteiger partial charge is 0.0466 e. The first kappa shape index (κ1) is 20.4. The zero-order valence-corrected chi connectivity index (χ0v) is 11.2. The molecule has 1 aliphatic heterocycles. The first-order valence-corrected chi connectivity index (χ1v) is 6.14. The molecule has 0 aliphatic carbocycles. The van der Waals surface area contributed by atoms with E-state index in [0.29, 0.717) is 5.41 Å². The Kier molecular flexibility index (Phi) is 19.0. The van der Waals surface area contributed by atoms with Crippen molar-refractivity contribution < 1.29 is 4.74 Å². The molecule has 0 radical (unpaired) electrons. The highest BCUT2D eigenvalue weighted by Gasteiger charge is 2.03. The Hall–Kier alpha value is -0.0400. The van der Waals surface area contributed by atoms with Gasteiger partial charge in [0.05, 0.1) is 0 Å². The number of hydrogen-bond acceptors (Lipinski definition) is 1. The minimum atomic E-state index is 0. The van der Waals surface area contributed by atoms with Gasteiger partial charge < -0.3 is 4.74 Å². The third-order valence-corrected chi connectivity index (χ3v) is 2.14. The normalized spacial score (nSPS) is 14.8. The van der Waals surface area contributed by atoms with Crippen LogP contribution in [0.3, 0.4) is 0 Å². The summed E-state index contributed by atoms with van der Waals surface area (Å²) in [6, 6.07) is 0. The Bertz CT molecular complexity index is 76.5. The minimum Gasteiger partial charge on any atom is -0.381 e. The standard InChI is InChI=1S/C6H14.C5H10O.C2H6.CH4/c1-5-6(2,3)4;1-2-4-6-5-3-1;1-2;/h5H2,1-4H3;1-5H2;1-2H3;1H4. The zero-order valence-electron chi connectivity index (χ0n) is 11.2. The second kappa shape index (κ2) is 14.0. The van der Waals surface area contributed by atoms with E-state index >= 15 is 0 Å². The molecule has 0 atom stereocenters. The summed E-state index contributed by atoms with van der Waals surface area (Å²) in [6.45, 7) is 14.9. The van der Waals surface area contributed by atoms with E-state index in [4.69, 9.17) is 4.74 Å². The average molecular weight is 218 g/mol. The quantitative estimate of drug-likeness (QED) is 0.536. The molecule has 0 aromatic rings. The molecule has 0 aromatic heterocycles. The van der Waals surface area contributed by atoms with Crippen molar-refractivity contribution in [3.63, 3.8) is 0 Å². The Labute approximate surface area is 98.6 Å². The third kappa shape index (κ3) is 24.9.